The van der Waals surface area contributed by atoms with Crippen LogP contribution >= 0.6 is 22.6 Å². The summed E-state index contributed by atoms with van der Waals surface area (Å²) < 4.78 is 1.01. The molecular formula is C14H10IN5O. The van der Waals surface area contributed by atoms with Crippen molar-refractivity contribution in [2.45, 2.75) is 0 Å². The molecule has 6 nitrogen and oxygen atoms in total. The molecule has 21 heavy (non-hydrogen) atoms. The van der Waals surface area contributed by atoms with E-state index in [2.05, 4.69) is 48.5 Å². The Bertz CT molecular complexity index is 773. The third kappa shape index (κ3) is 3.24. The van der Waals surface area contributed by atoms with E-state index in [1.165, 1.54) is 0 Å². The van der Waals surface area contributed by atoms with Crippen LogP contribution in [0, 0.1) is 3.57 Å². The van der Waals surface area contributed by atoms with E-state index in [0.29, 0.717) is 17.1 Å². The highest BCUT2D eigenvalue weighted by atomic mass is 127. The van der Waals surface area contributed by atoms with Crippen molar-refractivity contribution in [3.05, 3.63) is 57.7 Å². The lowest BCUT2D eigenvalue weighted by atomic mass is 10.1. The lowest BCUT2D eigenvalue weighted by molar-refractivity contribution is 0.102. The van der Waals surface area contributed by atoms with Gasteiger partial charge in [0, 0.05) is 20.4 Å². The molecule has 0 aliphatic rings. The van der Waals surface area contributed by atoms with Gasteiger partial charge in [-0.1, -0.05) is 18.2 Å². The molecule has 0 aliphatic carbocycles. The van der Waals surface area contributed by atoms with Gasteiger partial charge < -0.3 is 5.32 Å². The molecule has 104 valence electrons. The molecule has 1 aromatic heterocycles. The first-order valence-electron chi connectivity index (χ1n) is 6.13. The van der Waals surface area contributed by atoms with Crippen molar-refractivity contribution in [1.29, 1.82) is 0 Å². The zero-order valence-corrected chi connectivity index (χ0v) is 12.9. The molecule has 0 bridgehead atoms. The van der Waals surface area contributed by atoms with Gasteiger partial charge in [-0.05, 0) is 58.1 Å². The van der Waals surface area contributed by atoms with Gasteiger partial charge in [0.05, 0.1) is 0 Å². The summed E-state index contributed by atoms with van der Waals surface area (Å²) in [5, 5.41) is 16.6. The Labute approximate surface area is 134 Å². The van der Waals surface area contributed by atoms with Crippen molar-refractivity contribution >= 4 is 34.2 Å². The van der Waals surface area contributed by atoms with Gasteiger partial charge in [0.25, 0.3) is 5.91 Å². The number of rotatable bonds is 3. The molecule has 0 aliphatic heterocycles. The first-order valence-corrected chi connectivity index (χ1v) is 7.21. The van der Waals surface area contributed by atoms with Crippen LogP contribution in [-0.2, 0) is 0 Å². The van der Waals surface area contributed by atoms with E-state index in [-0.39, 0.29) is 5.91 Å². The first kappa shape index (κ1) is 13.7. The quantitative estimate of drug-likeness (QED) is 0.673. The summed E-state index contributed by atoms with van der Waals surface area (Å²) in [4.78, 5) is 12.2. The molecule has 0 saturated carbocycles. The molecule has 0 saturated heterocycles. The maximum absolute atomic E-state index is 12.2. The molecule has 0 unspecified atom stereocenters. The van der Waals surface area contributed by atoms with Crippen LogP contribution in [-0.4, -0.2) is 26.5 Å². The van der Waals surface area contributed by atoms with E-state index < -0.39 is 0 Å². The van der Waals surface area contributed by atoms with Crippen molar-refractivity contribution in [2.24, 2.45) is 0 Å². The Balaban J connectivity index is 1.82. The number of benzene rings is 2. The normalized spacial score (nSPS) is 10.3. The number of carbonyl (C=O) groups is 1. The summed E-state index contributed by atoms with van der Waals surface area (Å²) in [5.41, 5.74) is 2.08. The highest BCUT2D eigenvalue weighted by molar-refractivity contribution is 14.1. The van der Waals surface area contributed by atoms with Crippen molar-refractivity contribution in [2.75, 3.05) is 5.32 Å². The van der Waals surface area contributed by atoms with E-state index in [4.69, 9.17) is 0 Å². The second-order valence-corrected chi connectivity index (χ2v) is 5.53. The van der Waals surface area contributed by atoms with E-state index in [1.54, 1.807) is 12.1 Å². The van der Waals surface area contributed by atoms with E-state index >= 15 is 0 Å². The van der Waals surface area contributed by atoms with Crippen molar-refractivity contribution in [3.63, 3.8) is 0 Å². The van der Waals surface area contributed by atoms with Crippen LogP contribution in [0.5, 0.6) is 0 Å². The minimum absolute atomic E-state index is 0.154. The first-order chi connectivity index (χ1) is 10.2. The van der Waals surface area contributed by atoms with E-state index in [1.807, 2.05) is 36.4 Å². The fourth-order valence-corrected chi connectivity index (χ4v) is 2.40. The maximum Gasteiger partial charge on any atom is 0.255 e. The summed E-state index contributed by atoms with van der Waals surface area (Å²) in [7, 11) is 0. The lowest BCUT2D eigenvalue weighted by Gasteiger charge is -2.06. The summed E-state index contributed by atoms with van der Waals surface area (Å²) in [6.45, 7) is 0. The van der Waals surface area contributed by atoms with E-state index in [9.17, 15) is 4.79 Å². The highest BCUT2D eigenvalue weighted by Crippen LogP contribution is 2.19. The zero-order valence-electron chi connectivity index (χ0n) is 10.7. The summed E-state index contributed by atoms with van der Waals surface area (Å²) in [5.74, 6) is 0.333. The molecule has 7 heteroatoms. The smallest absolute Gasteiger partial charge is 0.255 e. The number of hydrogen-bond donors (Lipinski definition) is 2. The standard InChI is InChI=1S/C14H10IN5O/c15-11-5-1-4-10(7-11)14(21)16-12-6-2-3-9(8-12)13-17-19-20-18-13/h1-8H,(H,16,21)(H,17,18,19,20). The summed E-state index contributed by atoms with van der Waals surface area (Å²) >= 11 is 2.18. The number of amides is 1. The van der Waals surface area contributed by atoms with Gasteiger partial charge in [-0.2, -0.15) is 5.21 Å². The SMILES string of the molecule is O=C(Nc1cccc(-c2nn[nH]n2)c1)c1cccc(I)c1. The number of aromatic nitrogens is 4. The van der Waals surface area contributed by atoms with Gasteiger partial charge in [0.2, 0.25) is 5.82 Å². The molecule has 0 atom stereocenters. The molecular weight excluding hydrogens is 381 g/mol. The maximum atomic E-state index is 12.2. The fraction of sp³-hybridized carbons (Fsp3) is 0. The van der Waals surface area contributed by atoms with Crippen LogP contribution in [0.2, 0.25) is 0 Å². The Morgan fingerprint density at radius 2 is 2.00 bits per heavy atom. The monoisotopic (exact) mass is 391 g/mol. The Kier molecular flexibility index (Phi) is 3.91. The number of nitrogens with one attached hydrogen (secondary N) is 2. The van der Waals surface area contributed by atoms with Crippen LogP contribution in [0.4, 0.5) is 5.69 Å². The van der Waals surface area contributed by atoms with E-state index in [0.717, 1.165) is 9.13 Å². The highest BCUT2D eigenvalue weighted by Gasteiger charge is 2.08. The number of aromatic amines is 1. The second-order valence-electron chi connectivity index (χ2n) is 4.28. The molecule has 0 fully saturated rings. The third-order valence-electron chi connectivity index (χ3n) is 2.81. The van der Waals surface area contributed by atoms with Crippen molar-refractivity contribution in [3.8, 4) is 11.4 Å². The Hall–Kier alpha value is -2.29. The van der Waals surface area contributed by atoms with Crippen LogP contribution < -0.4 is 5.32 Å². The molecule has 1 heterocycles. The van der Waals surface area contributed by atoms with Gasteiger partial charge in [0.15, 0.2) is 0 Å². The summed E-state index contributed by atoms with van der Waals surface area (Å²) in [6, 6.07) is 14.7. The Morgan fingerprint density at radius 3 is 2.76 bits per heavy atom. The van der Waals surface area contributed by atoms with Crippen molar-refractivity contribution < 1.29 is 4.79 Å². The third-order valence-corrected chi connectivity index (χ3v) is 3.48. The van der Waals surface area contributed by atoms with Gasteiger partial charge in [-0.25, -0.2) is 0 Å². The second kappa shape index (κ2) is 6.00. The van der Waals surface area contributed by atoms with Crippen LogP contribution in [0.1, 0.15) is 10.4 Å². The zero-order chi connectivity index (χ0) is 14.7. The van der Waals surface area contributed by atoms with Crippen LogP contribution in [0.25, 0.3) is 11.4 Å². The number of anilines is 1. The van der Waals surface area contributed by atoms with Gasteiger partial charge in [-0.15, -0.1) is 10.2 Å². The number of H-pyrrole nitrogens is 1. The number of halogens is 1. The fourth-order valence-electron chi connectivity index (χ4n) is 1.85. The number of carbonyl (C=O) groups excluding carboxylic acids is 1. The molecule has 1 amide bonds. The predicted octanol–water partition coefficient (Wildman–Crippen LogP) is 2.72. The molecule has 3 aromatic rings. The Morgan fingerprint density at radius 1 is 1.14 bits per heavy atom. The van der Waals surface area contributed by atoms with Gasteiger partial charge in [-0.3, -0.25) is 4.79 Å². The van der Waals surface area contributed by atoms with Gasteiger partial charge >= 0.3 is 0 Å². The van der Waals surface area contributed by atoms with Gasteiger partial charge in [0.1, 0.15) is 0 Å². The number of nitrogens with zero attached hydrogens (tertiary/aromatic N) is 3. The number of hydrogen-bond acceptors (Lipinski definition) is 4. The minimum atomic E-state index is -0.154. The average molecular weight is 391 g/mol. The predicted molar refractivity (Wildman–Crippen MR) is 86.7 cm³/mol. The lowest BCUT2D eigenvalue weighted by Crippen LogP contribution is -2.11. The number of tetrazole rings is 1. The summed E-state index contributed by atoms with van der Waals surface area (Å²) in [6.07, 6.45) is 0. The average Bonchev–Trinajstić information content (AvgIpc) is 3.02. The molecule has 0 radical (unpaired) electrons. The largest absolute Gasteiger partial charge is 0.322 e. The van der Waals surface area contributed by atoms with Crippen LogP contribution in [0.3, 0.4) is 0 Å². The minimum Gasteiger partial charge on any atom is -0.322 e. The molecule has 0 spiro atoms. The van der Waals surface area contributed by atoms with Crippen LogP contribution in [0.15, 0.2) is 48.5 Å². The molecule has 2 N–H and O–H groups in total. The molecule has 2 aromatic carbocycles. The topological polar surface area (TPSA) is 83.6 Å². The molecule has 3 rings (SSSR count). The van der Waals surface area contributed by atoms with Crippen molar-refractivity contribution in [1.82, 2.24) is 20.6 Å².